The van der Waals surface area contributed by atoms with E-state index < -0.39 is 23.3 Å². The monoisotopic (exact) mass is 287 g/mol. The van der Waals surface area contributed by atoms with E-state index in [1.807, 2.05) is 0 Å². The van der Waals surface area contributed by atoms with Crippen molar-refractivity contribution in [2.45, 2.75) is 16.3 Å². The minimum absolute atomic E-state index is 0.00683. The average molecular weight is 287 g/mol. The molecule has 0 saturated heterocycles. The van der Waals surface area contributed by atoms with Gasteiger partial charge in [0.05, 0.1) is 9.79 Å². The van der Waals surface area contributed by atoms with Gasteiger partial charge in [-0.25, -0.2) is 17.6 Å². The molecule has 0 fully saturated rings. The van der Waals surface area contributed by atoms with Gasteiger partial charge in [0.15, 0.2) is 0 Å². The average Bonchev–Trinajstić information content (AvgIpc) is 2.37. The first-order valence-electron chi connectivity index (χ1n) is 5.32. The predicted molar refractivity (Wildman–Crippen MR) is 64.7 cm³/mol. The summed E-state index contributed by atoms with van der Waals surface area (Å²) in [6.45, 7) is -0.00683. The summed E-state index contributed by atoms with van der Waals surface area (Å²) < 4.78 is 53.8. The maximum atomic E-state index is 13.7. The number of halogens is 4. The molecule has 0 aliphatic rings. The lowest BCUT2D eigenvalue weighted by atomic mass is 10.2. The number of rotatable bonds is 3. The van der Waals surface area contributed by atoms with Crippen LogP contribution >= 0.6 is 11.8 Å². The molecule has 19 heavy (non-hydrogen) atoms. The first-order chi connectivity index (χ1) is 9.01. The Morgan fingerprint density at radius 3 is 2.11 bits per heavy atom. The topological polar surface area (TPSA) is 26.0 Å². The van der Waals surface area contributed by atoms with E-state index >= 15 is 0 Å². The van der Waals surface area contributed by atoms with Crippen molar-refractivity contribution in [1.29, 1.82) is 0 Å². The van der Waals surface area contributed by atoms with Crippen molar-refractivity contribution in [2.24, 2.45) is 5.73 Å². The Morgan fingerprint density at radius 1 is 0.895 bits per heavy atom. The summed E-state index contributed by atoms with van der Waals surface area (Å²) in [4.78, 5) is -0.569. The minimum atomic E-state index is -0.853. The molecule has 6 heteroatoms. The summed E-state index contributed by atoms with van der Waals surface area (Å²) in [7, 11) is 0. The lowest BCUT2D eigenvalue weighted by Gasteiger charge is -2.07. The Morgan fingerprint density at radius 2 is 1.53 bits per heavy atom. The van der Waals surface area contributed by atoms with E-state index in [4.69, 9.17) is 5.73 Å². The summed E-state index contributed by atoms with van der Waals surface area (Å²) in [6, 6.07) is 4.87. The summed E-state index contributed by atoms with van der Waals surface area (Å²) in [5.41, 5.74) is 5.58. The zero-order valence-corrected chi connectivity index (χ0v) is 10.4. The smallest absolute Gasteiger partial charge is 0.140 e. The first-order valence-corrected chi connectivity index (χ1v) is 6.14. The highest BCUT2D eigenvalue weighted by Crippen LogP contribution is 2.34. The zero-order chi connectivity index (χ0) is 14.0. The van der Waals surface area contributed by atoms with Crippen molar-refractivity contribution in [3.63, 3.8) is 0 Å². The van der Waals surface area contributed by atoms with E-state index in [0.717, 1.165) is 30.3 Å². The van der Waals surface area contributed by atoms with E-state index in [0.29, 0.717) is 17.3 Å². The van der Waals surface area contributed by atoms with Crippen LogP contribution in [0.5, 0.6) is 0 Å². The van der Waals surface area contributed by atoms with Gasteiger partial charge in [0, 0.05) is 6.54 Å². The Bertz CT molecular complexity index is 593. The van der Waals surface area contributed by atoms with Gasteiger partial charge in [0.2, 0.25) is 0 Å². The standard InChI is InChI=1S/C13H9F4NS/c14-8-1-2-9(15)12(5-8)19-13-10(16)3-7(6-18)4-11(13)17/h1-5H,6,18H2. The molecule has 0 bridgehead atoms. The van der Waals surface area contributed by atoms with Crippen molar-refractivity contribution in [1.82, 2.24) is 0 Å². The van der Waals surface area contributed by atoms with Crippen LogP contribution in [0.2, 0.25) is 0 Å². The lowest BCUT2D eigenvalue weighted by molar-refractivity contribution is 0.536. The van der Waals surface area contributed by atoms with Gasteiger partial charge >= 0.3 is 0 Å². The molecule has 0 unspecified atom stereocenters. The second kappa shape index (κ2) is 5.63. The fourth-order valence-electron chi connectivity index (χ4n) is 1.49. The van der Waals surface area contributed by atoms with E-state index in [9.17, 15) is 17.6 Å². The molecule has 0 aromatic heterocycles. The second-order valence-corrected chi connectivity index (χ2v) is 4.82. The van der Waals surface area contributed by atoms with Crippen molar-refractivity contribution in [2.75, 3.05) is 0 Å². The van der Waals surface area contributed by atoms with Crippen LogP contribution in [-0.2, 0) is 6.54 Å². The van der Waals surface area contributed by atoms with Gasteiger partial charge in [-0.1, -0.05) is 11.8 Å². The largest absolute Gasteiger partial charge is 0.326 e. The van der Waals surface area contributed by atoms with Crippen LogP contribution in [-0.4, -0.2) is 0 Å². The van der Waals surface area contributed by atoms with E-state index in [1.165, 1.54) is 0 Å². The molecule has 100 valence electrons. The Hall–Kier alpha value is -1.53. The fraction of sp³-hybridized carbons (Fsp3) is 0.0769. The maximum absolute atomic E-state index is 13.7. The highest BCUT2D eigenvalue weighted by atomic mass is 32.2. The third-order valence-electron chi connectivity index (χ3n) is 2.40. The van der Waals surface area contributed by atoms with Crippen LogP contribution in [0.25, 0.3) is 0 Å². The molecule has 0 amide bonds. The summed E-state index contributed by atoms with van der Waals surface area (Å²) in [5.74, 6) is -3.13. The van der Waals surface area contributed by atoms with Crippen molar-refractivity contribution in [3.05, 3.63) is 59.2 Å². The van der Waals surface area contributed by atoms with Crippen molar-refractivity contribution >= 4 is 11.8 Å². The van der Waals surface area contributed by atoms with E-state index in [1.54, 1.807) is 0 Å². The third-order valence-corrected chi connectivity index (χ3v) is 3.53. The highest BCUT2D eigenvalue weighted by molar-refractivity contribution is 7.99. The molecule has 2 aromatic carbocycles. The van der Waals surface area contributed by atoms with Crippen LogP contribution in [0.15, 0.2) is 40.1 Å². The Kier molecular flexibility index (Phi) is 4.11. The zero-order valence-electron chi connectivity index (χ0n) is 9.59. The molecule has 0 heterocycles. The van der Waals surface area contributed by atoms with Crippen molar-refractivity contribution in [3.8, 4) is 0 Å². The molecule has 0 aliphatic heterocycles. The van der Waals surface area contributed by atoms with Gasteiger partial charge in [0.1, 0.15) is 23.3 Å². The Balaban J connectivity index is 2.41. The molecule has 1 nitrogen and oxygen atoms in total. The normalized spacial score (nSPS) is 10.8. The first kappa shape index (κ1) is 13.9. The molecule has 0 radical (unpaired) electrons. The molecular formula is C13H9F4NS. The van der Waals surface area contributed by atoms with Crippen LogP contribution in [0, 0.1) is 23.3 Å². The lowest BCUT2D eigenvalue weighted by Crippen LogP contribution is -1.99. The summed E-state index contributed by atoms with van der Waals surface area (Å²) >= 11 is 0.495. The highest BCUT2D eigenvalue weighted by Gasteiger charge is 2.15. The quantitative estimate of drug-likeness (QED) is 0.868. The Labute approximate surface area is 111 Å². The second-order valence-electron chi connectivity index (χ2n) is 3.77. The number of nitrogens with two attached hydrogens (primary N) is 1. The van der Waals surface area contributed by atoms with Crippen LogP contribution in [0.3, 0.4) is 0 Å². The van der Waals surface area contributed by atoms with Crippen LogP contribution in [0.1, 0.15) is 5.56 Å². The van der Waals surface area contributed by atoms with E-state index in [2.05, 4.69) is 0 Å². The summed E-state index contributed by atoms with van der Waals surface area (Å²) in [6.07, 6.45) is 0. The van der Waals surface area contributed by atoms with Crippen LogP contribution in [0.4, 0.5) is 17.6 Å². The van der Waals surface area contributed by atoms with Crippen molar-refractivity contribution < 1.29 is 17.6 Å². The fourth-order valence-corrected chi connectivity index (χ4v) is 2.36. The van der Waals surface area contributed by atoms with Gasteiger partial charge in [-0.2, -0.15) is 0 Å². The van der Waals surface area contributed by atoms with Crippen LogP contribution < -0.4 is 5.73 Å². The number of hydrogen-bond acceptors (Lipinski definition) is 2. The molecular weight excluding hydrogens is 278 g/mol. The molecule has 0 spiro atoms. The molecule has 2 N–H and O–H groups in total. The molecule has 2 aromatic rings. The molecule has 0 aliphatic carbocycles. The maximum Gasteiger partial charge on any atom is 0.140 e. The van der Waals surface area contributed by atoms with E-state index in [-0.39, 0.29) is 16.3 Å². The SMILES string of the molecule is NCc1cc(F)c(Sc2cc(F)ccc2F)c(F)c1. The minimum Gasteiger partial charge on any atom is -0.326 e. The summed E-state index contributed by atoms with van der Waals surface area (Å²) in [5, 5.41) is 0. The van der Waals surface area contributed by atoms with Gasteiger partial charge in [-0.15, -0.1) is 0 Å². The number of benzene rings is 2. The molecule has 2 rings (SSSR count). The van der Waals surface area contributed by atoms with Gasteiger partial charge < -0.3 is 5.73 Å². The van der Waals surface area contributed by atoms with Gasteiger partial charge in [-0.3, -0.25) is 0 Å². The van der Waals surface area contributed by atoms with Gasteiger partial charge in [0.25, 0.3) is 0 Å². The van der Waals surface area contributed by atoms with Gasteiger partial charge in [-0.05, 0) is 35.9 Å². The molecule has 0 atom stereocenters. The molecule has 0 saturated carbocycles. The predicted octanol–water partition coefficient (Wildman–Crippen LogP) is 3.85. The third kappa shape index (κ3) is 3.08. The number of hydrogen-bond donors (Lipinski definition) is 1.